The van der Waals surface area contributed by atoms with Gasteiger partial charge in [-0.2, -0.15) is 18.3 Å². The minimum atomic E-state index is -4.70. The van der Waals surface area contributed by atoms with Gasteiger partial charge in [0.2, 0.25) is 0 Å². The summed E-state index contributed by atoms with van der Waals surface area (Å²) in [5, 5.41) is 3.61. The maximum absolute atomic E-state index is 14.2. The Morgan fingerprint density at radius 1 is 0.976 bits per heavy atom. The number of alkyl halides is 3. The number of hydrogen-bond acceptors (Lipinski definition) is 4. The van der Waals surface area contributed by atoms with E-state index in [-0.39, 0.29) is 41.3 Å². The highest BCUT2D eigenvalue weighted by molar-refractivity contribution is 5.94. The molecule has 12 heteroatoms. The first-order valence-corrected chi connectivity index (χ1v) is 12.9. The number of carbonyl (C=O) groups is 2. The molecule has 4 rings (SSSR count). The highest BCUT2D eigenvalue weighted by Crippen LogP contribution is 2.34. The van der Waals surface area contributed by atoms with Crippen molar-refractivity contribution < 1.29 is 35.9 Å². The minimum Gasteiger partial charge on any atom is -0.366 e. The summed E-state index contributed by atoms with van der Waals surface area (Å²) in [6.45, 7) is 2.85. The molecule has 0 bridgehead atoms. The quantitative estimate of drug-likeness (QED) is 0.212. The number of benzene rings is 2. The normalized spacial score (nSPS) is 12.5. The highest BCUT2D eigenvalue weighted by Gasteiger charge is 2.35. The van der Waals surface area contributed by atoms with Crippen LogP contribution in [0, 0.1) is 17.5 Å². The van der Waals surface area contributed by atoms with Crippen molar-refractivity contribution in [2.75, 3.05) is 0 Å². The van der Waals surface area contributed by atoms with Crippen LogP contribution in [0.2, 0.25) is 0 Å². The van der Waals surface area contributed by atoms with Crippen molar-refractivity contribution in [2.24, 2.45) is 5.73 Å². The second-order valence-corrected chi connectivity index (χ2v) is 10.2. The summed E-state index contributed by atoms with van der Waals surface area (Å²) in [5.74, 6) is -5.20. The number of ketones is 1. The van der Waals surface area contributed by atoms with Crippen molar-refractivity contribution in [2.45, 2.75) is 51.2 Å². The largest absolute Gasteiger partial charge is 0.435 e. The molecule has 0 aliphatic rings. The molecule has 1 amide bonds. The molecule has 42 heavy (non-hydrogen) atoms. The van der Waals surface area contributed by atoms with Crippen LogP contribution in [0.15, 0.2) is 60.8 Å². The third-order valence-corrected chi connectivity index (χ3v) is 6.67. The molecular weight excluding hydrogens is 562 g/mol. The molecule has 0 aliphatic heterocycles. The van der Waals surface area contributed by atoms with Crippen LogP contribution in [0.3, 0.4) is 0 Å². The number of hydrogen-bond donors (Lipinski definition) is 1. The lowest BCUT2D eigenvalue weighted by Crippen LogP contribution is -2.19. The summed E-state index contributed by atoms with van der Waals surface area (Å²) in [4.78, 5) is 29.5. The lowest BCUT2D eigenvalue weighted by atomic mass is 9.86. The summed E-state index contributed by atoms with van der Waals surface area (Å²) >= 11 is 0. The van der Waals surface area contributed by atoms with Crippen molar-refractivity contribution in [1.29, 1.82) is 0 Å². The van der Waals surface area contributed by atoms with Gasteiger partial charge in [0.05, 0.1) is 17.8 Å². The van der Waals surface area contributed by atoms with Gasteiger partial charge in [-0.3, -0.25) is 19.3 Å². The molecule has 0 saturated carbocycles. The van der Waals surface area contributed by atoms with E-state index in [1.54, 1.807) is 26.0 Å². The summed E-state index contributed by atoms with van der Waals surface area (Å²) in [5.41, 5.74) is 5.26. The van der Waals surface area contributed by atoms with E-state index in [1.165, 1.54) is 18.3 Å². The van der Waals surface area contributed by atoms with Gasteiger partial charge in [-0.15, -0.1) is 0 Å². The molecule has 0 saturated heterocycles. The number of amides is 1. The first-order chi connectivity index (χ1) is 19.7. The van der Waals surface area contributed by atoms with Gasteiger partial charge in [0.1, 0.15) is 17.5 Å². The minimum absolute atomic E-state index is 0.0712. The van der Waals surface area contributed by atoms with Crippen LogP contribution < -0.4 is 5.73 Å². The van der Waals surface area contributed by atoms with Crippen LogP contribution >= 0.6 is 0 Å². The van der Waals surface area contributed by atoms with E-state index >= 15 is 0 Å². The fourth-order valence-electron chi connectivity index (χ4n) is 4.81. The second-order valence-electron chi connectivity index (χ2n) is 10.2. The van der Waals surface area contributed by atoms with Gasteiger partial charge < -0.3 is 5.73 Å². The van der Waals surface area contributed by atoms with Gasteiger partial charge >= 0.3 is 6.18 Å². The third kappa shape index (κ3) is 7.04. The molecule has 0 radical (unpaired) electrons. The van der Waals surface area contributed by atoms with Crippen LogP contribution in [-0.2, 0) is 23.9 Å². The van der Waals surface area contributed by atoms with Gasteiger partial charge in [0.25, 0.3) is 5.91 Å². The Morgan fingerprint density at radius 3 is 2.29 bits per heavy atom. The maximum Gasteiger partial charge on any atom is 0.435 e. The summed E-state index contributed by atoms with van der Waals surface area (Å²) in [6.07, 6.45) is -3.63. The SMILES string of the molecule is CC(C)c1cc(C(F)(F)F)nn1CC(=O)C[C@@H](Cc1cc(F)cc(F)c1)c1ncccc1-c1ccc(F)c(C(N)=O)c1. The Hall–Kier alpha value is -4.48. The zero-order chi connectivity index (χ0) is 30.8. The molecule has 0 aliphatic carbocycles. The zero-order valence-corrected chi connectivity index (χ0v) is 22.6. The van der Waals surface area contributed by atoms with Gasteiger partial charge in [-0.25, -0.2) is 13.2 Å². The molecule has 2 N–H and O–H groups in total. The Bertz CT molecular complexity index is 1610. The lowest BCUT2D eigenvalue weighted by molar-refractivity contribution is -0.141. The van der Waals surface area contributed by atoms with Crippen LogP contribution in [-0.4, -0.2) is 26.5 Å². The Balaban J connectivity index is 1.75. The molecule has 2 heterocycles. The van der Waals surface area contributed by atoms with Crippen LogP contribution in [0.1, 0.15) is 65.1 Å². The number of pyridine rings is 1. The number of primary amides is 1. The number of aromatic nitrogens is 3. The Labute approximate surface area is 237 Å². The van der Waals surface area contributed by atoms with Crippen molar-refractivity contribution in [3.05, 3.63) is 106 Å². The molecule has 2 aromatic heterocycles. The number of nitrogens with zero attached hydrogens (tertiary/aromatic N) is 3. The van der Waals surface area contributed by atoms with Crippen molar-refractivity contribution >= 4 is 11.7 Å². The fourth-order valence-corrected chi connectivity index (χ4v) is 4.81. The lowest BCUT2D eigenvalue weighted by Gasteiger charge is -2.20. The number of halogens is 6. The second kappa shape index (κ2) is 12.2. The van der Waals surface area contributed by atoms with Crippen LogP contribution in [0.25, 0.3) is 11.1 Å². The van der Waals surface area contributed by atoms with E-state index in [0.717, 1.165) is 28.9 Å². The van der Waals surface area contributed by atoms with Gasteiger partial charge in [-0.1, -0.05) is 26.0 Å². The molecule has 0 fully saturated rings. The predicted molar refractivity (Wildman–Crippen MR) is 142 cm³/mol. The summed E-state index contributed by atoms with van der Waals surface area (Å²) < 4.78 is 83.3. The van der Waals surface area contributed by atoms with E-state index in [1.807, 2.05) is 0 Å². The van der Waals surface area contributed by atoms with E-state index < -0.39 is 53.5 Å². The Kier molecular flexibility index (Phi) is 8.83. The predicted octanol–water partition coefficient (Wildman–Crippen LogP) is 6.59. The highest BCUT2D eigenvalue weighted by atomic mass is 19.4. The van der Waals surface area contributed by atoms with Gasteiger partial charge in [0.15, 0.2) is 11.5 Å². The molecule has 0 spiro atoms. The maximum atomic E-state index is 14.2. The number of nitrogens with two attached hydrogens (primary N) is 1. The average Bonchev–Trinajstić information content (AvgIpc) is 3.32. The third-order valence-electron chi connectivity index (χ3n) is 6.67. The average molecular weight is 589 g/mol. The van der Waals surface area contributed by atoms with E-state index in [2.05, 4.69) is 10.1 Å². The first-order valence-electron chi connectivity index (χ1n) is 12.9. The Morgan fingerprint density at radius 2 is 1.67 bits per heavy atom. The van der Waals surface area contributed by atoms with Crippen LogP contribution in [0.5, 0.6) is 0 Å². The molecule has 220 valence electrons. The number of carbonyl (C=O) groups excluding carboxylic acids is 2. The molecule has 2 aromatic carbocycles. The van der Waals surface area contributed by atoms with Crippen molar-refractivity contribution in [3.63, 3.8) is 0 Å². The van der Waals surface area contributed by atoms with Crippen molar-refractivity contribution in [3.8, 4) is 11.1 Å². The fraction of sp³-hybridized carbons (Fsp3) is 0.267. The van der Waals surface area contributed by atoms with E-state index in [4.69, 9.17) is 5.73 Å². The molecule has 1 atom stereocenters. The molecular formula is C30H26F6N4O2. The van der Waals surface area contributed by atoms with Gasteiger partial charge in [-0.05, 0) is 59.9 Å². The first kappa shape index (κ1) is 30.5. The number of Topliss-reactive ketones (excluding diaryl/α,β-unsaturated/α-hetero) is 1. The molecule has 4 aromatic rings. The molecule has 0 unspecified atom stereocenters. The topological polar surface area (TPSA) is 90.9 Å². The standard InChI is InChI=1S/C30H26F6N4O2/c1-16(2)26-14-27(30(34,35)36)39-40(26)15-22(41)11-19(8-17-9-20(31)13-21(32)10-17)28-23(4-3-7-38-28)18-5-6-25(33)24(12-18)29(37)42/h3-7,9-10,12-14,16,19H,8,11,15H2,1-2H3,(H2,37,42)/t19-/m1/s1. The molecule has 6 nitrogen and oxygen atoms in total. The summed E-state index contributed by atoms with van der Waals surface area (Å²) in [6, 6.07) is 10.7. The van der Waals surface area contributed by atoms with E-state index in [9.17, 15) is 35.9 Å². The van der Waals surface area contributed by atoms with E-state index in [0.29, 0.717) is 17.2 Å². The smallest absolute Gasteiger partial charge is 0.366 e. The van der Waals surface area contributed by atoms with Gasteiger partial charge in [0, 0.05) is 35.9 Å². The summed E-state index contributed by atoms with van der Waals surface area (Å²) in [7, 11) is 0. The monoisotopic (exact) mass is 588 g/mol. The van der Waals surface area contributed by atoms with Crippen LogP contribution in [0.4, 0.5) is 26.3 Å². The zero-order valence-electron chi connectivity index (χ0n) is 22.6. The number of rotatable bonds is 10. The van der Waals surface area contributed by atoms with Crippen molar-refractivity contribution in [1.82, 2.24) is 14.8 Å².